The summed E-state index contributed by atoms with van der Waals surface area (Å²) in [5, 5.41) is 2.86. The van der Waals surface area contributed by atoms with Crippen molar-refractivity contribution in [1.82, 2.24) is 0 Å². The molecule has 3 rings (SSSR count). The third-order valence-corrected chi connectivity index (χ3v) is 4.54. The SMILES string of the molecule is CCOc1ccccc1NC(=O)C1CC(=O)N(c2ccc(C(=O)OC)cc2)C1. The van der Waals surface area contributed by atoms with Gasteiger partial charge >= 0.3 is 5.97 Å². The third kappa shape index (κ3) is 4.14. The molecule has 1 N–H and O–H groups in total. The Kier molecular flexibility index (Phi) is 5.93. The maximum Gasteiger partial charge on any atom is 0.337 e. The van der Waals surface area contributed by atoms with E-state index < -0.39 is 11.9 Å². The van der Waals surface area contributed by atoms with Crippen molar-refractivity contribution in [2.24, 2.45) is 5.92 Å². The van der Waals surface area contributed by atoms with Gasteiger partial charge in [-0.1, -0.05) is 12.1 Å². The van der Waals surface area contributed by atoms with Crippen molar-refractivity contribution >= 4 is 29.2 Å². The zero-order valence-electron chi connectivity index (χ0n) is 15.8. The van der Waals surface area contributed by atoms with Gasteiger partial charge in [0.25, 0.3) is 0 Å². The number of ether oxygens (including phenoxy) is 2. The lowest BCUT2D eigenvalue weighted by Gasteiger charge is -2.17. The molecule has 0 bridgehead atoms. The molecule has 28 heavy (non-hydrogen) atoms. The van der Waals surface area contributed by atoms with Crippen LogP contribution in [0.2, 0.25) is 0 Å². The van der Waals surface area contributed by atoms with Crippen LogP contribution in [0.4, 0.5) is 11.4 Å². The van der Waals surface area contributed by atoms with Crippen LogP contribution in [0.25, 0.3) is 0 Å². The quantitative estimate of drug-likeness (QED) is 0.777. The Morgan fingerprint density at radius 1 is 1.14 bits per heavy atom. The number of anilines is 2. The van der Waals surface area contributed by atoms with E-state index in [-0.39, 0.29) is 24.8 Å². The van der Waals surface area contributed by atoms with Gasteiger partial charge in [-0.15, -0.1) is 0 Å². The standard InChI is InChI=1S/C21H22N2O5/c1-3-28-18-7-5-4-6-17(18)22-20(25)15-12-19(24)23(13-15)16-10-8-14(9-11-16)21(26)27-2/h4-11,15H,3,12-13H2,1-2H3,(H,22,25). The van der Waals surface area contributed by atoms with E-state index in [1.54, 1.807) is 41.3 Å². The van der Waals surface area contributed by atoms with Crippen LogP contribution in [0.15, 0.2) is 48.5 Å². The molecule has 0 spiro atoms. The molecule has 2 aromatic rings. The van der Waals surface area contributed by atoms with Gasteiger partial charge in [0, 0.05) is 18.7 Å². The van der Waals surface area contributed by atoms with E-state index >= 15 is 0 Å². The zero-order chi connectivity index (χ0) is 20.1. The number of nitrogens with zero attached hydrogens (tertiary/aromatic N) is 1. The van der Waals surface area contributed by atoms with Gasteiger partial charge in [0.2, 0.25) is 11.8 Å². The molecule has 0 radical (unpaired) electrons. The number of carbonyl (C=O) groups is 3. The first-order valence-corrected chi connectivity index (χ1v) is 9.05. The topological polar surface area (TPSA) is 84.9 Å². The van der Waals surface area contributed by atoms with Gasteiger partial charge in [0.15, 0.2) is 0 Å². The van der Waals surface area contributed by atoms with Crippen LogP contribution >= 0.6 is 0 Å². The van der Waals surface area contributed by atoms with Crippen LogP contribution in [0.5, 0.6) is 5.75 Å². The molecular formula is C21H22N2O5. The summed E-state index contributed by atoms with van der Waals surface area (Å²) in [7, 11) is 1.31. The van der Waals surface area contributed by atoms with Crippen LogP contribution in [0, 0.1) is 5.92 Å². The highest BCUT2D eigenvalue weighted by atomic mass is 16.5. The van der Waals surface area contributed by atoms with Crippen LogP contribution in [0.1, 0.15) is 23.7 Å². The van der Waals surface area contributed by atoms with Gasteiger partial charge in [-0.2, -0.15) is 0 Å². The molecule has 1 aliphatic heterocycles. The van der Waals surface area contributed by atoms with E-state index in [4.69, 9.17) is 4.74 Å². The molecule has 0 aliphatic carbocycles. The molecule has 1 fully saturated rings. The zero-order valence-corrected chi connectivity index (χ0v) is 15.8. The number of carbonyl (C=O) groups excluding carboxylic acids is 3. The van der Waals surface area contributed by atoms with Crippen molar-refractivity contribution in [3.63, 3.8) is 0 Å². The van der Waals surface area contributed by atoms with Crippen molar-refractivity contribution in [3.05, 3.63) is 54.1 Å². The number of benzene rings is 2. The molecule has 1 atom stereocenters. The van der Waals surface area contributed by atoms with E-state index in [0.29, 0.717) is 29.3 Å². The molecule has 1 heterocycles. The van der Waals surface area contributed by atoms with Crippen molar-refractivity contribution in [3.8, 4) is 5.75 Å². The monoisotopic (exact) mass is 382 g/mol. The second kappa shape index (κ2) is 8.56. The molecule has 7 nitrogen and oxygen atoms in total. The van der Waals surface area contributed by atoms with Crippen molar-refractivity contribution in [2.75, 3.05) is 30.5 Å². The van der Waals surface area contributed by atoms with Crippen molar-refractivity contribution in [1.29, 1.82) is 0 Å². The Bertz CT molecular complexity index is 879. The summed E-state index contributed by atoms with van der Waals surface area (Å²) in [5.74, 6) is -0.678. The first-order valence-electron chi connectivity index (χ1n) is 9.05. The lowest BCUT2D eigenvalue weighted by Crippen LogP contribution is -2.28. The van der Waals surface area contributed by atoms with E-state index in [9.17, 15) is 14.4 Å². The minimum absolute atomic E-state index is 0.126. The van der Waals surface area contributed by atoms with Gasteiger partial charge < -0.3 is 19.7 Å². The summed E-state index contributed by atoms with van der Waals surface area (Å²) in [5.41, 5.74) is 1.63. The van der Waals surface area contributed by atoms with Gasteiger partial charge in [-0.25, -0.2) is 4.79 Å². The number of esters is 1. The van der Waals surface area contributed by atoms with Gasteiger partial charge in [0.05, 0.1) is 30.9 Å². The normalized spacial score (nSPS) is 16.0. The van der Waals surface area contributed by atoms with Crippen molar-refractivity contribution < 1.29 is 23.9 Å². The van der Waals surface area contributed by atoms with Crippen molar-refractivity contribution in [2.45, 2.75) is 13.3 Å². The molecule has 1 aliphatic rings. The molecule has 1 saturated heterocycles. The highest BCUT2D eigenvalue weighted by molar-refractivity contribution is 6.04. The average molecular weight is 382 g/mol. The predicted octanol–water partition coefficient (Wildman–Crippen LogP) is 2.86. The van der Waals surface area contributed by atoms with Crippen LogP contribution in [-0.2, 0) is 14.3 Å². The Morgan fingerprint density at radius 3 is 2.54 bits per heavy atom. The van der Waals surface area contributed by atoms with Crippen LogP contribution in [-0.4, -0.2) is 38.0 Å². The summed E-state index contributed by atoms with van der Waals surface area (Å²) >= 11 is 0. The lowest BCUT2D eigenvalue weighted by molar-refractivity contribution is -0.122. The number of hydrogen-bond donors (Lipinski definition) is 1. The van der Waals surface area contributed by atoms with E-state index in [1.807, 2.05) is 19.1 Å². The first kappa shape index (κ1) is 19.4. The second-order valence-corrected chi connectivity index (χ2v) is 6.36. The number of nitrogens with one attached hydrogen (secondary N) is 1. The van der Waals surface area contributed by atoms with E-state index in [0.717, 1.165) is 0 Å². The molecule has 2 amide bonds. The summed E-state index contributed by atoms with van der Waals surface area (Å²) < 4.78 is 10.2. The van der Waals surface area contributed by atoms with Gasteiger partial charge in [0.1, 0.15) is 5.75 Å². The average Bonchev–Trinajstić information content (AvgIpc) is 3.11. The molecule has 0 aromatic heterocycles. The molecule has 2 aromatic carbocycles. The summed E-state index contributed by atoms with van der Waals surface area (Å²) in [4.78, 5) is 38.2. The third-order valence-electron chi connectivity index (χ3n) is 4.54. The lowest BCUT2D eigenvalue weighted by atomic mass is 10.1. The smallest absolute Gasteiger partial charge is 0.337 e. The maximum absolute atomic E-state index is 12.7. The Morgan fingerprint density at radius 2 is 1.86 bits per heavy atom. The molecular weight excluding hydrogens is 360 g/mol. The Hall–Kier alpha value is -3.35. The fraction of sp³-hybridized carbons (Fsp3) is 0.286. The summed E-state index contributed by atoms with van der Waals surface area (Å²) in [6, 6.07) is 13.7. The summed E-state index contributed by atoms with van der Waals surface area (Å²) in [6.45, 7) is 2.64. The highest BCUT2D eigenvalue weighted by Gasteiger charge is 2.35. The maximum atomic E-state index is 12.7. The minimum atomic E-state index is -0.470. The summed E-state index contributed by atoms with van der Waals surface area (Å²) in [6.07, 6.45) is 0.126. The van der Waals surface area contributed by atoms with E-state index in [2.05, 4.69) is 10.1 Å². The number of rotatable bonds is 6. The van der Waals surface area contributed by atoms with Crippen LogP contribution < -0.4 is 15.0 Å². The number of amides is 2. The Labute approximate surface area is 163 Å². The predicted molar refractivity (Wildman–Crippen MR) is 104 cm³/mol. The Balaban J connectivity index is 1.69. The fourth-order valence-electron chi connectivity index (χ4n) is 3.11. The van der Waals surface area contributed by atoms with Gasteiger partial charge in [-0.05, 0) is 43.3 Å². The number of para-hydroxylation sites is 2. The number of methoxy groups -OCH3 is 1. The molecule has 0 saturated carbocycles. The molecule has 7 heteroatoms. The molecule has 146 valence electrons. The van der Waals surface area contributed by atoms with Gasteiger partial charge in [-0.3, -0.25) is 9.59 Å². The minimum Gasteiger partial charge on any atom is -0.492 e. The highest BCUT2D eigenvalue weighted by Crippen LogP contribution is 2.28. The second-order valence-electron chi connectivity index (χ2n) is 6.36. The molecule has 1 unspecified atom stereocenters. The van der Waals surface area contributed by atoms with Crippen LogP contribution in [0.3, 0.4) is 0 Å². The fourth-order valence-corrected chi connectivity index (χ4v) is 3.11. The van der Waals surface area contributed by atoms with E-state index in [1.165, 1.54) is 7.11 Å². The number of hydrogen-bond acceptors (Lipinski definition) is 5. The first-order chi connectivity index (χ1) is 13.5. The largest absolute Gasteiger partial charge is 0.492 e.